The number of allylic oxidation sites excluding steroid dienone is 6. The van der Waals surface area contributed by atoms with Crippen LogP contribution >= 0.6 is 0 Å². The van der Waals surface area contributed by atoms with E-state index < -0.39 is 0 Å². The molecule has 0 saturated carbocycles. The number of nitrogens with one attached hydrogen (secondary N) is 4. The minimum absolute atomic E-state index is 0. The van der Waals surface area contributed by atoms with Gasteiger partial charge in [0.05, 0.1) is 22.8 Å². The van der Waals surface area contributed by atoms with E-state index >= 15 is 0 Å². The van der Waals surface area contributed by atoms with Crippen molar-refractivity contribution in [2.24, 2.45) is 0 Å². The Labute approximate surface area is 468 Å². The van der Waals surface area contributed by atoms with Gasteiger partial charge in [-0.25, -0.2) is 29.9 Å². The van der Waals surface area contributed by atoms with E-state index in [9.17, 15) is 9.59 Å². The maximum absolute atomic E-state index is 13.6. The Morgan fingerprint density at radius 1 is 0.519 bits per heavy atom. The molecule has 79 heavy (non-hydrogen) atoms. The van der Waals surface area contributed by atoms with Gasteiger partial charge in [0.15, 0.2) is 11.3 Å². The fraction of sp³-hybridized carbons (Fsp3) is 0.258. The molecule has 9 aromatic heterocycles. The molecular weight excluding hydrogens is 1030 g/mol. The quantitative estimate of drug-likeness (QED) is 0.0469. The molecule has 400 valence electrons. The van der Waals surface area contributed by atoms with Gasteiger partial charge in [0, 0.05) is 62.6 Å². The maximum atomic E-state index is 13.6. The van der Waals surface area contributed by atoms with Crippen molar-refractivity contribution < 1.29 is 26.7 Å². The SMILES string of the molecule is C=CC1=C(C)c2cc3[n-]c(cc4[n-]c(cc5nc(cc1n2)C(C)=C5C=C)c(C)c4CCC(=O)NCCCNc1ccc2nc4c(C)cccn4c2n1)c(CCC(=O)NCCCNc1ccc2nc4c(C)cccn4c2n1)c3C.[Fe+2]. The summed E-state index contributed by atoms with van der Waals surface area (Å²) in [5.41, 5.74) is 20.9. The molecule has 17 heteroatoms. The van der Waals surface area contributed by atoms with Crippen molar-refractivity contribution in [1.82, 2.24) is 59.3 Å². The number of hydrogen-bond donors (Lipinski definition) is 4. The number of carbonyl (C=O) groups is 2. The van der Waals surface area contributed by atoms with Gasteiger partial charge in [0.2, 0.25) is 11.8 Å². The van der Waals surface area contributed by atoms with Crippen molar-refractivity contribution in [1.29, 1.82) is 0 Å². The molecule has 2 amide bonds. The molecule has 2 aliphatic rings. The Balaban J connectivity index is 0.00000704. The van der Waals surface area contributed by atoms with Crippen molar-refractivity contribution in [2.75, 3.05) is 36.8 Å². The van der Waals surface area contributed by atoms with Crippen LogP contribution in [0.2, 0.25) is 0 Å². The first-order valence-corrected chi connectivity index (χ1v) is 26.7. The topological polar surface area (TPSA) is 197 Å². The van der Waals surface area contributed by atoms with E-state index in [1.165, 1.54) is 0 Å². The summed E-state index contributed by atoms with van der Waals surface area (Å²) in [6.07, 6.45) is 10.5. The number of anilines is 2. The molecular formula is C62H62FeN14O2. The third-order valence-electron chi connectivity index (χ3n) is 15.0. The molecule has 0 saturated heterocycles. The molecule has 11 rings (SSSR count). The Morgan fingerprint density at radius 2 is 0.962 bits per heavy atom. The summed E-state index contributed by atoms with van der Waals surface area (Å²) < 4.78 is 4.02. The smallest absolute Gasteiger partial charge is 0.657 e. The second-order valence-electron chi connectivity index (χ2n) is 20.1. The van der Waals surface area contributed by atoms with Crippen LogP contribution in [0, 0.1) is 27.7 Å². The van der Waals surface area contributed by atoms with Gasteiger partial charge in [-0.1, -0.05) is 77.9 Å². The van der Waals surface area contributed by atoms with Gasteiger partial charge in [0.1, 0.15) is 34.0 Å². The van der Waals surface area contributed by atoms with Gasteiger partial charge in [-0.15, -0.1) is 22.1 Å². The zero-order chi connectivity index (χ0) is 54.2. The van der Waals surface area contributed by atoms with Gasteiger partial charge in [-0.05, 0) is 132 Å². The molecule has 8 bridgehead atoms. The molecule has 0 atom stereocenters. The molecule has 0 spiro atoms. The fourth-order valence-electron chi connectivity index (χ4n) is 10.5. The number of nitrogens with zero attached hydrogens (tertiary/aromatic N) is 10. The van der Waals surface area contributed by atoms with Crippen molar-refractivity contribution in [3.05, 3.63) is 167 Å². The molecule has 16 nitrogen and oxygen atoms in total. The predicted octanol–water partition coefficient (Wildman–Crippen LogP) is 10.5. The van der Waals surface area contributed by atoms with Crippen LogP contribution in [0.25, 0.3) is 78.0 Å². The van der Waals surface area contributed by atoms with Crippen LogP contribution in [-0.4, -0.2) is 76.7 Å². The van der Waals surface area contributed by atoms with Crippen LogP contribution in [0.4, 0.5) is 11.6 Å². The largest absolute Gasteiger partial charge is 2.00 e. The van der Waals surface area contributed by atoms with E-state index in [1.807, 2.05) is 141 Å². The molecule has 0 fully saturated rings. The van der Waals surface area contributed by atoms with Gasteiger partial charge in [-0.3, -0.25) is 18.4 Å². The average Bonchev–Trinajstić information content (AvgIpc) is 4.48. The summed E-state index contributed by atoms with van der Waals surface area (Å²) in [6, 6.07) is 24.0. The molecule has 0 aromatic carbocycles. The number of amides is 2. The predicted molar refractivity (Wildman–Crippen MR) is 313 cm³/mol. The van der Waals surface area contributed by atoms with Gasteiger partial charge < -0.3 is 31.2 Å². The van der Waals surface area contributed by atoms with E-state index in [1.54, 1.807) is 0 Å². The summed E-state index contributed by atoms with van der Waals surface area (Å²) in [5, 5.41) is 13.1. The second-order valence-corrected chi connectivity index (χ2v) is 20.1. The van der Waals surface area contributed by atoms with Crippen molar-refractivity contribution in [3.8, 4) is 0 Å². The second kappa shape index (κ2) is 22.7. The number of pyridine rings is 4. The first kappa shape index (κ1) is 53.7. The van der Waals surface area contributed by atoms with Gasteiger partial charge in [-0.2, -0.15) is 0 Å². The standard InChI is InChI=1S/C62H64N14O2.Fe/c1-9-41-37(5)47-31-48-39(7)43(17-23-57(77)65-27-13-25-63-55-21-19-45-61(73-55)75-29-11-15-35(3)59(75)71-45)53(69-48)34-54-44(40(8)50(70-54)33-52-42(10-2)38(6)49(68-52)32-51(41)67-47)18-24-58(78)66-28-14-26-64-56-22-20-46-62(74-56)76-30-12-16-36(4)60(76)72-46;/h9-12,15-16,19-22,29-34H,1-2,13-14,17-18,23-28H2,3-8H3,(H6,63,64,65,66,67,68,69,70,73,74,77,78);/q;+2/p-2. The summed E-state index contributed by atoms with van der Waals surface area (Å²) in [6.45, 7) is 22.8. The molecule has 0 radical (unpaired) electrons. The number of aryl methyl sites for hydroxylation is 6. The van der Waals surface area contributed by atoms with Crippen LogP contribution in [-0.2, 0) is 39.5 Å². The van der Waals surface area contributed by atoms with E-state index in [2.05, 4.69) is 41.3 Å². The van der Waals surface area contributed by atoms with Crippen LogP contribution in [0.5, 0.6) is 0 Å². The number of aromatic nitrogens is 10. The van der Waals surface area contributed by atoms with E-state index in [0.717, 1.165) is 146 Å². The molecule has 11 heterocycles. The first-order valence-electron chi connectivity index (χ1n) is 26.7. The van der Waals surface area contributed by atoms with Gasteiger partial charge >= 0.3 is 17.1 Å². The Hall–Kier alpha value is -8.66. The summed E-state index contributed by atoms with van der Waals surface area (Å²) >= 11 is 0. The minimum atomic E-state index is -0.0533. The van der Waals surface area contributed by atoms with Crippen LogP contribution in [0.1, 0.15) is 95.7 Å². The number of fused-ring (bicyclic) bond motifs is 14. The fourth-order valence-corrected chi connectivity index (χ4v) is 10.5. The van der Waals surface area contributed by atoms with Gasteiger partial charge in [0.25, 0.3) is 0 Å². The van der Waals surface area contributed by atoms with Crippen LogP contribution in [0.3, 0.4) is 0 Å². The van der Waals surface area contributed by atoms with E-state index in [0.29, 0.717) is 51.9 Å². The summed E-state index contributed by atoms with van der Waals surface area (Å²) in [7, 11) is 0. The Bertz CT molecular complexity index is 4170. The average molecular weight is 1090 g/mol. The maximum Gasteiger partial charge on any atom is 2.00 e. The summed E-state index contributed by atoms with van der Waals surface area (Å²) in [5.74, 6) is 1.40. The van der Waals surface area contributed by atoms with Crippen molar-refractivity contribution >= 4 is 101 Å². The number of rotatable bonds is 18. The third kappa shape index (κ3) is 10.7. The number of carbonyl (C=O) groups excluding carboxylic acids is 2. The van der Waals surface area contributed by atoms with Crippen molar-refractivity contribution in [2.45, 2.75) is 80.1 Å². The van der Waals surface area contributed by atoms with Crippen LogP contribution < -0.4 is 31.2 Å². The molecule has 0 unspecified atom stereocenters. The normalized spacial score (nSPS) is 12.4. The van der Waals surface area contributed by atoms with Crippen LogP contribution in [0.15, 0.2) is 111 Å². The first-order chi connectivity index (χ1) is 37.8. The monoisotopic (exact) mass is 1090 g/mol. The van der Waals surface area contributed by atoms with E-state index in [-0.39, 0.29) is 41.7 Å². The summed E-state index contributed by atoms with van der Waals surface area (Å²) in [4.78, 5) is 67.0. The van der Waals surface area contributed by atoms with Crippen molar-refractivity contribution in [3.63, 3.8) is 0 Å². The molecule has 9 aromatic rings. The zero-order valence-electron chi connectivity index (χ0n) is 45.4. The van der Waals surface area contributed by atoms with E-state index in [4.69, 9.17) is 39.9 Å². The third-order valence-corrected chi connectivity index (χ3v) is 15.0. The molecule has 2 aliphatic heterocycles. The minimum Gasteiger partial charge on any atom is -0.657 e. The number of hydrogen-bond acceptors (Lipinski definition) is 10. The Kier molecular flexibility index (Phi) is 15.5. The zero-order valence-corrected chi connectivity index (χ0v) is 46.5. The Morgan fingerprint density at radius 3 is 1.43 bits per heavy atom. The number of imidazole rings is 2. The molecule has 4 N–H and O–H groups in total. The molecule has 0 aliphatic carbocycles.